The Morgan fingerprint density at radius 3 is 3.04 bits per heavy atom. The van der Waals surface area contributed by atoms with Crippen LogP contribution in [0, 0.1) is 11.7 Å². The molecule has 6 nitrogen and oxygen atoms in total. The Bertz CT molecular complexity index is 757. The number of nitrogens with one attached hydrogen (secondary N) is 3. The summed E-state index contributed by atoms with van der Waals surface area (Å²) >= 11 is 0. The van der Waals surface area contributed by atoms with Crippen molar-refractivity contribution in [2.75, 3.05) is 31.1 Å². The summed E-state index contributed by atoms with van der Waals surface area (Å²) in [7, 11) is 0. The van der Waals surface area contributed by atoms with Crippen molar-refractivity contribution >= 4 is 11.6 Å². The standard InChI is InChI=1S/C18H22FN5O/c19-13-1-3-14(4-2-13)24-8-6-12(11-24)9-21-18(25)17-15-5-7-20-10-16(15)22-23-17/h1-4,12,20H,5-11H2,(H,21,25)(H,22,23). The fourth-order valence-electron chi connectivity index (χ4n) is 3.64. The highest BCUT2D eigenvalue weighted by Gasteiger charge is 2.25. The average Bonchev–Trinajstić information content (AvgIpc) is 3.27. The number of anilines is 1. The van der Waals surface area contributed by atoms with E-state index in [9.17, 15) is 9.18 Å². The molecule has 1 aromatic heterocycles. The number of halogens is 1. The van der Waals surface area contributed by atoms with Crippen LogP contribution < -0.4 is 15.5 Å². The zero-order valence-corrected chi connectivity index (χ0v) is 14.0. The smallest absolute Gasteiger partial charge is 0.272 e. The molecule has 1 saturated heterocycles. The van der Waals surface area contributed by atoms with E-state index in [2.05, 4.69) is 25.7 Å². The predicted molar refractivity (Wildman–Crippen MR) is 93.1 cm³/mol. The molecule has 0 radical (unpaired) electrons. The molecule has 3 N–H and O–H groups in total. The normalized spacial score (nSPS) is 19.7. The van der Waals surface area contributed by atoms with Gasteiger partial charge < -0.3 is 15.5 Å². The molecule has 132 valence electrons. The molecule has 0 bridgehead atoms. The van der Waals surface area contributed by atoms with Crippen LogP contribution in [0.2, 0.25) is 0 Å². The number of hydrogen-bond acceptors (Lipinski definition) is 4. The van der Waals surface area contributed by atoms with Gasteiger partial charge in [0.25, 0.3) is 5.91 Å². The van der Waals surface area contributed by atoms with Crippen molar-refractivity contribution in [3.63, 3.8) is 0 Å². The van der Waals surface area contributed by atoms with Crippen molar-refractivity contribution in [1.82, 2.24) is 20.8 Å². The van der Waals surface area contributed by atoms with Gasteiger partial charge in [0, 0.05) is 37.4 Å². The second kappa shape index (κ2) is 6.84. The van der Waals surface area contributed by atoms with Gasteiger partial charge in [-0.3, -0.25) is 9.89 Å². The lowest BCUT2D eigenvalue weighted by Crippen LogP contribution is -2.32. The second-order valence-electron chi connectivity index (χ2n) is 6.74. The van der Waals surface area contributed by atoms with Crippen LogP contribution in [0.1, 0.15) is 28.2 Å². The highest BCUT2D eigenvalue weighted by Crippen LogP contribution is 2.24. The molecule has 4 rings (SSSR count). The molecule has 7 heteroatoms. The number of aromatic nitrogens is 2. The van der Waals surface area contributed by atoms with Gasteiger partial charge in [-0.05, 0) is 49.6 Å². The lowest BCUT2D eigenvalue weighted by Gasteiger charge is -2.19. The number of fused-ring (bicyclic) bond motifs is 1. The fraction of sp³-hybridized carbons (Fsp3) is 0.444. The Balaban J connectivity index is 1.32. The average molecular weight is 343 g/mol. The van der Waals surface area contributed by atoms with E-state index in [1.807, 2.05) is 0 Å². The van der Waals surface area contributed by atoms with Crippen LogP contribution in [0.25, 0.3) is 0 Å². The fourth-order valence-corrected chi connectivity index (χ4v) is 3.64. The van der Waals surface area contributed by atoms with Gasteiger partial charge in [-0.25, -0.2) is 4.39 Å². The maximum Gasteiger partial charge on any atom is 0.272 e. The first-order chi connectivity index (χ1) is 12.2. The highest BCUT2D eigenvalue weighted by atomic mass is 19.1. The Morgan fingerprint density at radius 1 is 1.36 bits per heavy atom. The number of rotatable bonds is 4. The van der Waals surface area contributed by atoms with Gasteiger partial charge in [-0.1, -0.05) is 0 Å². The number of H-pyrrole nitrogens is 1. The molecule has 1 atom stereocenters. The van der Waals surface area contributed by atoms with Crippen molar-refractivity contribution < 1.29 is 9.18 Å². The second-order valence-corrected chi connectivity index (χ2v) is 6.74. The topological polar surface area (TPSA) is 73.0 Å². The zero-order chi connectivity index (χ0) is 17.2. The summed E-state index contributed by atoms with van der Waals surface area (Å²) in [5.74, 6) is 0.0781. The summed E-state index contributed by atoms with van der Waals surface area (Å²) in [5.41, 5.74) is 3.62. The summed E-state index contributed by atoms with van der Waals surface area (Å²) in [6, 6.07) is 6.58. The Kier molecular flexibility index (Phi) is 4.40. The summed E-state index contributed by atoms with van der Waals surface area (Å²) in [5, 5.41) is 13.4. The molecule has 2 aliphatic heterocycles. The van der Waals surface area contributed by atoms with Crippen LogP contribution in [-0.2, 0) is 13.0 Å². The Hall–Kier alpha value is -2.41. The highest BCUT2D eigenvalue weighted by molar-refractivity contribution is 5.94. The third-order valence-electron chi connectivity index (χ3n) is 5.05. The largest absolute Gasteiger partial charge is 0.371 e. The van der Waals surface area contributed by atoms with Gasteiger partial charge in [0.1, 0.15) is 5.82 Å². The van der Waals surface area contributed by atoms with Crippen molar-refractivity contribution in [2.45, 2.75) is 19.4 Å². The maximum atomic E-state index is 13.0. The minimum absolute atomic E-state index is 0.0976. The molecule has 0 spiro atoms. The minimum Gasteiger partial charge on any atom is -0.371 e. The molecule has 0 saturated carbocycles. The van der Waals surface area contributed by atoms with Crippen LogP contribution in [0.5, 0.6) is 0 Å². The monoisotopic (exact) mass is 343 g/mol. The van der Waals surface area contributed by atoms with Crippen LogP contribution in [0.3, 0.4) is 0 Å². The third kappa shape index (κ3) is 3.37. The molecule has 2 aliphatic rings. The van der Waals surface area contributed by atoms with Gasteiger partial charge in [-0.15, -0.1) is 0 Å². The first kappa shape index (κ1) is 16.1. The summed E-state index contributed by atoms with van der Waals surface area (Å²) < 4.78 is 13.0. The van der Waals surface area contributed by atoms with Crippen molar-refractivity contribution in [2.24, 2.45) is 5.92 Å². The maximum absolute atomic E-state index is 13.0. The van der Waals surface area contributed by atoms with Gasteiger partial charge >= 0.3 is 0 Å². The number of carbonyl (C=O) groups is 1. The number of hydrogen-bond donors (Lipinski definition) is 3. The summed E-state index contributed by atoms with van der Waals surface area (Å²) in [6.07, 6.45) is 1.84. The Labute approximate surface area is 145 Å². The lowest BCUT2D eigenvalue weighted by molar-refractivity contribution is 0.0942. The van der Waals surface area contributed by atoms with Crippen LogP contribution >= 0.6 is 0 Å². The van der Waals surface area contributed by atoms with E-state index in [-0.39, 0.29) is 11.7 Å². The predicted octanol–water partition coefficient (Wildman–Crippen LogP) is 1.45. The van der Waals surface area contributed by atoms with E-state index in [1.165, 1.54) is 12.1 Å². The van der Waals surface area contributed by atoms with E-state index in [0.29, 0.717) is 18.2 Å². The molecule has 1 amide bonds. The SMILES string of the molecule is O=C(NCC1CCN(c2ccc(F)cc2)C1)c1n[nH]c2c1CCNC2. The number of aromatic amines is 1. The zero-order valence-electron chi connectivity index (χ0n) is 14.0. The van der Waals surface area contributed by atoms with Crippen LogP contribution in [0.4, 0.5) is 10.1 Å². The van der Waals surface area contributed by atoms with E-state index < -0.39 is 0 Å². The van der Waals surface area contributed by atoms with Crippen molar-refractivity contribution in [3.8, 4) is 0 Å². The van der Waals surface area contributed by atoms with E-state index in [0.717, 1.165) is 56.0 Å². The molecule has 25 heavy (non-hydrogen) atoms. The van der Waals surface area contributed by atoms with Gasteiger partial charge in [0.2, 0.25) is 0 Å². The Morgan fingerprint density at radius 2 is 2.20 bits per heavy atom. The van der Waals surface area contributed by atoms with Crippen LogP contribution in [-0.4, -0.2) is 42.3 Å². The van der Waals surface area contributed by atoms with Gasteiger partial charge in [-0.2, -0.15) is 5.10 Å². The summed E-state index contributed by atoms with van der Waals surface area (Å²) in [6.45, 7) is 4.05. The molecular formula is C18H22FN5O. The van der Waals surface area contributed by atoms with E-state index in [1.54, 1.807) is 12.1 Å². The van der Waals surface area contributed by atoms with Crippen LogP contribution in [0.15, 0.2) is 24.3 Å². The number of nitrogens with zero attached hydrogens (tertiary/aromatic N) is 2. The minimum atomic E-state index is -0.218. The van der Waals surface area contributed by atoms with E-state index >= 15 is 0 Å². The first-order valence-electron chi connectivity index (χ1n) is 8.76. The van der Waals surface area contributed by atoms with E-state index in [4.69, 9.17) is 0 Å². The molecule has 1 unspecified atom stereocenters. The summed E-state index contributed by atoms with van der Waals surface area (Å²) in [4.78, 5) is 14.7. The van der Waals surface area contributed by atoms with Crippen molar-refractivity contribution in [1.29, 1.82) is 0 Å². The quantitative estimate of drug-likeness (QED) is 0.786. The lowest BCUT2D eigenvalue weighted by atomic mass is 10.1. The molecule has 0 aliphatic carbocycles. The third-order valence-corrected chi connectivity index (χ3v) is 5.05. The molecule has 2 aromatic rings. The first-order valence-corrected chi connectivity index (χ1v) is 8.76. The number of amides is 1. The number of benzene rings is 1. The molecular weight excluding hydrogens is 321 g/mol. The molecule has 1 fully saturated rings. The molecule has 1 aromatic carbocycles. The molecule has 3 heterocycles. The van der Waals surface area contributed by atoms with Crippen molar-refractivity contribution in [3.05, 3.63) is 47.0 Å². The van der Waals surface area contributed by atoms with Gasteiger partial charge in [0.05, 0.1) is 5.69 Å². The van der Waals surface area contributed by atoms with Gasteiger partial charge in [0.15, 0.2) is 5.69 Å². The number of carbonyl (C=O) groups excluding carboxylic acids is 1.